The molecule has 0 spiro atoms. The second-order valence-electron chi connectivity index (χ2n) is 4.30. The molecule has 0 aliphatic carbocycles. The van der Waals surface area contributed by atoms with E-state index in [2.05, 4.69) is 4.98 Å². The van der Waals surface area contributed by atoms with Gasteiger partial charge in [0, 0.05) is 5.56 Å². The number of fused-ring (bicyclic) bond motifs is 1. The van der Waals surface area contributed by atoms with Gasteiger partial charge in [-0.1, -0.05) is 35.9 Å². The topological polar surface area (TPSA) is 52.0 Å². The Morgan fingerprint density at radius 2 is 1.95 bits per heavy atom. The summed E-state index contributed by atoms with van der Waals surface area (Å²) in [5.74, 6) is 0.590. The number of oxazole rings is 1. The molecule has 19 heavy (non-hydrogen) atoms. The SMILES string of the molecule is NCCc1ccccc1-c1nc2cccc(Cl)c2o1. The molecule has 0 aliphatic heterocycles. The van der Waals surface area contributed by atoms with Crippen LogP contribution in [-0.4, -0.2) is 11.5 Å². The van der Waals surface area contributed by atoms with Crippen LogP contribution < -0.4 is 5.73 Å². The first-order chi connectivity index (χ1) is 9.29. The third kappa shape index (κ3) is 2.23. The summed E-state index contributed by atoms with van der Waals surface area (Å²) in [6.45, 7) is 0.595. The molecule has 1 aromatic heterocycles. The van der Waals surface area contributed by atoms with Gasteiger partial charge in [0.05, 0.1) is 5.02 Å². The van der Waals surface area contributed by atoms with Crippen LogP contribution in [0.4, 0.5) is 0 Å². The molecule has 1 heterocycles. The number of hydrogen-bond donors (Lipinski definition) is 1. The van der Waals surface area contributed by atoms with Gasteiger partial charge >= 0.3 is 0 Å². The lowest BCUT2D eigenvalue weighted by Crippen LogP contribution is -2.03. The fraction of sp³-hybridized carbons (Fsp3) is 0.133. The predicted octanol–water partition coefficient (Wildman–Crippen LogP) is 3.65. The number of para-hydroxylation sites is 1. The summed E-state index contributed by atoms with van der Waals surface area (Å²) in [7, 11) is 0. The van der Waals surface area contributed by atoms with Crippen LogP contribution >= 0.6 is 11.6 Å². The maximum Gasteiger partial charge on any atom is 0.227 e. The van der Waals surface area contributed by atoms with Gasteiger partial charge in [0.25, 0.3) is 0 Å². The zero-order chi connectivity index (χ0) is 13.2. The summed E-state index contributed by atoms with van der Waals surface area (Å²) in [4.78, 5) is 4.49. The van der Waals surface area contributed by atoms with E-state index in [-0.39, 0.29) is 0 Å². The van der Waals surface area contributed by atoms with Gasteiger partial charge in [-0.05, 0) is 36.7 Å². The van der Waals surface area contributed by atoms with E-state index in [4.69, 9.17) is 21.8 Å². The Balaban J connectivity index is 2.17. The van der Waals surface area contributed by atoms with E-state index in [0.717, 1.165) is 23.1 Å². The maximum absolute atomic E-state index is 6.11. The first kappa shape index (κ1) is 12.2. The number of benzene rings is 2. The van der Waals surface area contributed by atoms with Crippen LogP contribution in [-0.2, 0) is 6.42 Å². The molecule has 2 N–H and O–H groups in total. The van der Waals surface area contributed by atoms with Crippen molar-refractivity contribution in [3.8, 4) is 11.5 Å². The number of hydrogen-bond acceptors (Lipinski definition) is 3. The van der Waals surface area contributed by atoms with Crippen molar-refractivity contribution in [2.75, 3.05) is 6.54 Å². The Morgan fingerprint density at radius 3 is 2.74 bits per heavy atom. The Labute approximate surface area is 116 Å². The van der Waals surface area contributed by atoms with Crippen molar-refractivity contribution in [2.24, 2.45) is 5.73 Å². The van der Waals surface area contributed by atoms with Crippen LogP contribution in [0, 0.1) is 0 Å². The zero-order valence-corrected chi connectivity index (χ0v) is 11.0. The lowest BCUT2D eigenvalue weighted by Gasteiger charge is -2.04. The number of nitrogens with zero attached hydrogens (tertiary/aromatic N) is 1. The highest BCUT2D eigenvalue weighted by molar-refractivity contribution is 6.34. The monoisotopic (exact) mass is 272 g/mol. The van der Waals surface area contributed by atoms with E-state index in [9.17, 15) is 0 Å². The van der Waals surface area contributed by atoms with Gasteiger partial charge < -0.3 is 10.2 Å². The minimum absolute atomic E-state index is 0.576. The van der Waals surface area contributed by atoms with Gasteiger partial charge in [0.2, 0.25) is 5.89 Å². The molecule has 0 saturated carbocycles. The minimum atomic E-state index is 0.576. The Kier molecular flexibility index (Phi) is 3.23. The number of nitrogens with two attached hydrogens (primary N) is 1. The average Bonchev–Trinajstić information content (AvgIpc) is 2.85. The molecule has 96 valence electrons. The summed E-state index contributed by atoms with van der Waals surface area (Å²) in [5, 5.41) is 0.576. The molecule has 3 nitrogen and oxygen atoms in total. The van der Waals surface area contributed by atoms with Crippen molar-refractivity contribution in [2.45, 2.75) is 6.42 Å². The summed E-state index contributed by atoms with van der Waals surface area (Å²) >= 11 is 6.11. The van der Waals surface area contributed by atoms with E-state index < -0.39 is 0 Å². The highest BCUT2D eigenvalue weighted by Crippen LogP contribution is 2.30. The quantitative estimate of drug-likeness (QED) is 0.792. The van der Waals surface area contributed by atoms with Gasteiger partial charge in [0.1, 0.15) is 5.52 Å². The summed E-state index contributed by atoms with van der Waals surface area (Å²) in [5.41, 5.74) is 9.13. The molecule has 4 heteroatoms. The van der Waals surface area contributed by atoms with E-state index in [1.165, 1.54) is 0 Å². The van der Waals surface area contributed by atoms with Crippen molar-refractivity contribution < 1.29 is 4.42 Å². The van der Waals surface area contributed by atoms with E-state index in [0.29, 0.717) is 23.0 Å². The lowest BCUT2D eigenvalue weighted by molar-refractivity contribution is 0.619. The summed E-state index contributed by atoms with van der Waals surface area (Å²) in [6, 6.07) is 13.5. The standard InChI is InChI=1S/C15H13ClN2O/c16-12-6-3-7-13-14(12)19-15(18-13)11-5-2-1-4-10(11)8-9-17/h1-7H,8-9,17H2. The summed E-state index contributed by atoms with van der Waals surface area (Å²) in [6.07, 6.45) is 0.794. The molecule has 0 atom stereocenters. The van der Waals surface area contributed by atoms with Gasteiger partial charge in [-0.15, -0.1) is 0 Å². The third-order valence-corrected chi connectivity index (χ3v) is 3.33. The average molecular weight is 273 g/mol. The van der Waals surface area contributed by atoms with Gasteiger partial charge in [0.15, 0.2) is 5.58 Å². The highest BCUT2D eigenvalue weighted by atomic mass is 35.5. The van der Waals surface area contributed by atoms with Gasteiger partial charge in [-0.25, -0.2) is 4.98 Å². The molecular formula is C15H13ClN2O. The van der Waals surface area contributed by atoms with E-state index in [1.807, 2.05) is 36.4 Å². The molecule has 2 aromatic carbocycles. The molecule has 3 aromatic rings. The lowest BCUT2D eigenvalue weighted by atomic mass is 10.0. The number of aromatic nitrogens is 1. The molecule has 0 aliphatic rings. The van der Waals surface area contributed by atoms with Crippen molar-refractivity contribution in [1.82, 2.24) is 4.98 Å². The van der Waals surface area contributed by atoms with Gasteiger partial charge in [-0.2, -0.15) is 0 Å². The molecular weight excluding hydrogens is 260 g/mol. The van der Waals surface area contributed by atoms with E-state index in [1.54, 1.807) is 6.07 Å². The molecule has 0 unspecified atom stereocenters. The molecule has 3 rings (SSSR count). The summed E-state index contributed by atoms with van der Waals surface area (Å²) < 4.78 is 5.79. The van der Waals surface area contributed by atoms with Crippen LogP contribution in [0.25, 0.3) is 22.6 Å². The normalized spacial score (nSPS) is 11.1. The van der Waals surface area contributed by atoms with Crippen molar-refractivity contribution in [3.05, 3.63) is 53.1 Å². The molecule has 0 bridgehead atoms. The first-order valence-corrected chi connectivity index (χ1v) is 6.51. The molecule has 0 fully saturated rings. The van der Waals surface area contributed by atoms with Crippen molar-refractivity contribution in [3.63, 3.8) is 0 Å². The van der Waals surface area contributed by atoms with Crippen LogP contribution in [0.1, 0.15) is 5.56 Å². The maximum atomic E-state index is 6.11. The van der Waals surface area contributed by atoms with Gasteiger partial charge in [-0.3, -0.25) is 0 Å². The fourth-order valence-electron chi connectivity index (χ4n) is 2.13. The Hall–Kier alpha value is -1.84. The first-order valence-electron chi connectivity index (χ1n) is 6.13. The minimum Gasteiger partial charge on any atom is -0.435 e. The number of halogens is 1. The largest absolute Gasteiger partial charge is 0.435 e. The van der Waals surface area contributed by atoms with Crippen LogP contribution in [0.2, 0.25) is 5.02 Å². The van der Waals surface area contributed by atoms with Crippen LogP contribution in [0.5, 0.6) is 0 Å². The highest BCUT2D eigenvalue weighted by Gasteiger charge is 2.13. The van der Waals surface area contributed by atoms with Crippen molar-refractivity contribution in [1.29, 1.82) is 0 Å². The van der Waals surface area contributed by atoms with Crippen molar-refractivity contribution >= 4 is 22.7 Å². The fourth-order valence-corrected chi connectivity index (χ4v) is 2.34. The smallest absolute Gasteiger partial charge is 0.227 e. The second-order valence-corrected chi connectivity index (χ2v) is 4.71. The second kappa shape index (κ2) is 5.03. The van der Waals surface area contributed by atoms with E-state index >= 15 is 0 Å². The Morgan fingerprint density at radius 1 is 1.11 bits per heavy atom. The number of rotatable bonds is 3. The molecule has 0 radical (unpaired) electrons. The van der Waals surface area contributed by atoms with Crippen LogP contribution in [0.15, 0.2) is 46.9 Å². The Bertz CT molecular complexity index is 721. The predicted molar refractivity (Wildman–Crippen MR) is 77.2 cm³/mol. The third-order valence-electron chi connectivity index (χ3n) is 3.03. The zero-order valence-electron chi connectivity index (χ0n) is 10.3. The van der Waals surface area contributed by atoms with Crippen LogP contribution in [0.3, 0.4) is 0 Å². The molecule has 0 amide bonds. The molecule has 0 saturated heterocycles.